The summed E-state index contributed by atoms with van der Waals surface area (Å²) in [6.07, 6.45) is 0.758. The lowest BCUT2D eigenvalue weighted by Crippen LogP contribution is -2.25. The van der Waals surface area contributed by atoms with Gasteiger partial charge in [0.1, 0.15) is 5.56 Å². The van der Waals surface area contributed by atoms with Gasteiger partial charge in [-0.3, -0.25) is 20.8 Å². The molecule has 1 rings (SSSR count). The van der Waals surface area contributed by atoms with Crippen molar-refractivity contribution in [2.45, 2.75) is 13.3 Å². The van der Waals surface area contributed by atoms with Crippen LogP contribution >= 0.6 is 0 Å². The van der Waals surface area contributed by atoms with E-state index in [1.54, 1.807) is 0 Å². The van der Waals surface area contributed by atoms with E-state index in [-0.39, 0.29) is 11.3 Å². The lowest BCUT2D eigenvalue weighted by Gasteiger charge is -2.06. The Morgan fingerprint density at radius 1 is 1.53 bits per heavy atom. The molecule has 0 saturated heterocycles. The standard InChI is InChI=1S/C10H14N4O3/c1-2-5-12-10(15)8-6-7(13-11)3-4-9(8)14(16)17/h3-4,6,13H,2,5,11H2,1H3,(H,12,15). The number of carbonyl (C=O) groups excluding carboxylic acids is 1. The molecule has 0 spiro atoms. The number of carbonyl (C=O) groups is 1. The van der Waals surface area contributed by atoms with Gasteiger partial charge < -0.3 is 10.7 Å². The van der Waals surface area contributed by atoms with Crippen LogP contribution in [0, 0.1) is 10.1 Å². The number of nitrogens with two attached hydrogens (primary N) is 1. The Balaban J connectivity index is 3.08. The summed E-state index contributed by atoms with van der Waals surface area (Å²) in [5, 5.41) is 13.4. The van der Waals surface area contributed by atoms with Crippen LogP contribution in [-0.2, 0) is 0 Å². The minimum absolute atomic E-state index is 0.00102. The molecule has 0 radical (unpaired) electrons. The first kappa shape index (κ1) is 12.9. The normalized spacial score (nSPS) is 9.76. The van der Waals surface area contributed by atoms with E-state index < -0.39 is 10.8 Å². The minimum Gasteiger partial charge on any atom is -0.352 e. The SMILES string of the molecule is CCCNC(=O)c1cc(NN)ccc1[N+](=O)[O-]. The number of nitro benzene ring substituents is 1. The zero-order chi connectivity index (χ0) is 12.8. The van der Waals surface area contributed by atoms with E-state index in [0.717, 1.165) is 6.42 Å². The fourth-order valence-electron chi connectivity index (χ4n) is 1.30. The third-order valence-corrected chi connectivity index (χ3v) is 2.14. The number of hydrogen-bond donors (Lipinski definition) is 3. The molecule has 0 atom stereocenters. The van der Waals surface area contributed by atoms with Gasteiger partial charge in [-0.2, -0.15) is 0 Å². The smallest absolute Gasteiger partial charge is 0.282 e. The highest BCUT2D eigenvalue weighted by Crippen LogP contribution is 2.22. The Hall–Kier alpha value is -2.15. The van der Waals surface area contributed by atoms with Crippen LogP contribution in [-0.4, -0.2) is 17.4 Å². The summed E-state index contributed by atoms with van der Waals surface area (Å²) >= 11 is 0. The van der Waals surface area contributed by atoms with Crippen LogP contribution < -0.4 is 16.6 Å². The number of benzene rings is 1. The summed E-state index contributed by atoms with van der Waals surface area (Å²) in [6.45, 7) is 2.36. The average molecular weight is 238 g/mol. The molecule has 1 aromatic carbocycles. The summed E-state index contributed by atoms with van der Waals surface area (Å²) in [6, 6.07) is 4.04. The Labute approximate surface area is 98.1 Å². The number of hydrazine groups is 1. The van der Waals surface area contributed by atoms with Gasteiger partial charge in [0.25, 0.3) is 11.6 Å². The topological polar surface area (TPSA) is 110 Å². The molecule has 0 aromatic heterocycles. The Morgan fingerprint density at radius 2 is 2.24 bits per heavy atom. The maximum atomic E-state index is 11.7. The third-order valence-electron chi connectivity index (χ3n) is 2.14. The van der Waals surface area contributed by atoms with Crippen molar-refractivity contribution in [3.05, 3.63) is 33.9 Å². The maximum absolute atomic E-state index is 11.7. The molecule has 92 valence electrons. The third kappa shape index (κ3) is 3.15. The number of nitrogens with zero attached hydrogens (tertiary/aromatic N) is 1. The van der Waals surface area contributed by atoms with Crippen LogP contribution in [0.2, 0.25) is 0 Å². The molecule has 4 N–H and O–H groups in total. The van der Waals surface area contributed by atoms with Crippen molar-refractivity contribution in [1.29, 1.82) is 0 Å². The first-order valence-electron chi connectivity index (χ1n) is 5.13. The number of nitro groups is 1. The molecule has 0 aliphatic heterocycles. The van der Waals surface area contributed by atoms with Crippen LogP contribution in [0.3, 0.4) is 0 Å². The quantitative estimate of drug-likeness (QED) is 0.403. The molecule has 0 bridgehead atoms. The van der Waals surface area contributed by atoms with Crippen LogP contribution in [0.5, 0.6) is 0 Å². The first-order valence-corrected chi connectivity index (χ1v) is 5.13. The molecule has 1 amide bonds. The Morgan fingerprint density at radius 3 is 2.76 bits per heavy atom. The number of nitrogens with one attached hydrogen (secondary N) is 2. The van der Waals surface area contributed by atoms with Crippen molar-refractivity contribution in [3.63, 3.8) is 0 Å². The number of anilines is 1. The van der Waals surface area contributed by atoms with Gasteiger partial charge in [0.05, 0.1) is 4.92 Å². The zero-order valence-corrected chi connectivity index (χ0v) is 9.40. The molecular weight excluding hydrogens is 224 g/mol. The molecule has 0 saturated carbocycles. The number of rotatable bonds is 5. The maximum Gasteiger partial charge on any atom is 0.282 e. The number of hydrogen-bond acceptors (Lipinski definition) is 5. The van der Waals surface area contributed by atoms with Crippen LogP contribution in [0.4, 0.5) is 11.4 Å². The molecule has 7 heteroatoms. The summed E-state index contributed by atoms with van der Waals surface area (Å²) < 4.78 is 0. The molecule has 0 aliphatic carbocycles. The Kier molecular flexibility index (Phi) is 4.41. The second-order valence-corrected chi connectivity index (χ2v) is 3.39. The van der Waals surface area contributed by atoms with E-state index in [1.165, 1.54) is 18.2 Å². The Bertz CT molecular complexity index is 434. The van der Waals surface area contributed by atoms with Crippen molar-refractivity contribution in [3.8, 4) is 0 Å². The summed E-state index contributed by atoms with van der Waals surface area (Å²) in [4.78, 5) is 21.9. The molecule has 0 unspecified atom stereocenters. The van der Waals surface area contributed by atoms with E-state index in [2.05, 4.69) is 10.7 Å². The van der Waals surface area contributed by atoms with E-state index in [0.29, 0.717) is 12.2 Å². The van der Waals surface area contributed by atoms with E-state index in [9.17, 15) is 14.9 Å². The van der Waals surface area contributed by atoms with Crippen molar-refractivity contribution in [2.75, 3.05) is 12.0 Å². The summed E-state index contributed by atoms with van der Waals surface area (Å²) in [5.41, 5.74) is 2.54. The fourth-order valence-corrected chi connectivity index (χ4v) is 1.30. The molecule has 1 aromatic rings. The average Bonchev–Trinajstić information content (AvgIpc) is 2.34. The molecule has 17 heavy (non-hydrogen) atoms. The lowest BCUT2D eigenvalue weighted by molar-refractivity contribution is -0.385. The van der Waals surface area contributed by atoms with E-state index in [1.807, 2.05) is 6.92 Å². The largest absolute Gasteiger partial charge is 0.352 e. The molecule has 0 fully saturated rings. The number of nitrogen functional groups attached to an aromatic ring is 1. The van der Waals surface area contributed by atoms with Gasteiger partial charge >= 0.3 is 0 Å². The van der Waals surface area contributed by atoms with E-state index in [4.69, 9.17) is 5.84 Å². The molecule has 7 nitrogen and oxygen atoms in total. The molecule has 0 heterocycles. The predicted octanol–water partition coefficient (Wildman–Crippen LogP) is 1.02. The lowest BCUT2D eigenvalue weighted by atomic mass is 10.1. The highest BCUT2D eigenvalue weighted by atomic mass is 16.6. The van der Waals surface area contributed by atoms with E-state index >= 15 is 0 Å². The van der Waals surface area contributed by atoms with Gasteiger partial charge in [0.2, 0.25) is 0 Å². The highest BCUT2D eigenvalue weighted by molar-refractivity contribution is 5.99. The fraction of sp³-hybridized carbons (Fsp3) is 0.300. The monoisotopic (exact) mass is 238 g/mol. The van der Waals surface area contributed by atoms with Gasteiger partial charge in [-0.25, -0.2) is 0 Å². The van der Waals surface area contributed by atoms with Gasteiger partial charge in [-0.05, 0) is 18.6 Å². The van der Waals surface area contributed by atoms with Gasteiger partial charge in [-0.1, -0.05) is 6.92 Å². The molecular formula is C10H14N4O3. The van der Waals surface area contributed by atoms with Gasteiger partial charge in [0.15, 0.2) is 0 Å². The minimum atomic E-state index is -0.596. The predicted molar refractivity (Wildman–Crippen MR) is 63.5 cm³/mol. The number of amides is 1. The second-order valence-electron chi connectivity index (χ2n) is 3.39. The van der Waals surface area contributed by atoms with Crippen LogP contribution in [0.1, 0.15) is 23.7 Å². The highest BCUT2D eigenvalue weighted by Gasteiger charge is 2.19. The van der Waals surface area contributed by atoms with Crippen molar-refractivity contribution in [2.24, 2.45) is 5.84 Å². The second kappa shape index (κ2) is 5.80. The summed E-state index contributed by atoms with van der Waals surface area (Å²) in [5.74, 6) is 4.72. The zero-order valence-electron chi connectivity index (χ0n) is 9.40. The van der Waals surface area contributed by atoms with Crippen molar-refractivity contribution < 1.29 is 9.72 Å². The van der Waals surface area contributed by atoms with Gasteiger partial charge in [0, 0.05) is 18.3 Å². The van der Waals surface area contributed by atoms with Crippen molar-refractivity contribution in [1.82, 2.24) is 5.32 Å². The first-order chi connectivity index (χ1) is 8.10. The molecule has 0 aliphatic rings. The van der Waals surface area contributed by atoms with Crippen molar-refractivity contribution >= 4 is 17.3 Å². The summed E-state index contributed by atoms with van der Waals surface area (Å²) in [7, 11) is 0. The van der Waals surface area contributed by atoms with Gasteiger partial charge in [-0.15, -0.1) is 0 Å². The van der Waals surface area contributed by atoms with Crippen LogP contribution in [0.25, 0.3) is 0 Å². The van der Waals surface area contributed by atoms with Crippen LogP contribution in [0.15, 0.2) is 18.2 Å².